The number of para-hydroxylation sites is 1. The minimum absolute atomic E-state index is 0.272. The molecule has 1 unspecified atom stereocenters. The van der Waals surface area contributed by atoms with Gasteiger partial charge < -0.3 is 10.6 Å². The van der Waals surface area contributed by atoms with Crippen molar-refractivity contribution in [2.24, 2.45) is 0 Å². The molecule has 0 aliphatic carbocycles. The SMILES string of the molecule is CC1(c2ccccc2Cl)NC(=O)N(CC(=O)Nc2c(F)cccc2F)C1=O. The van der Waals surface area contributed by atoms with Crippen molar-refractivity contribution in [1.29, 1.82) is 0 Å². The normalized spacial score (nSPS) is 19.2. The molecule has 27 heavy (non-hydrogen) atoms. The predicted molar refractivity (Wildman–Crippen MR) is 94.0 cm³/mol. The Morgan fingerprint density at radius 3 is 2.41 bits per heavy atom. The van der Waals surface area contributed by atoms with Crippen LogP contribution in [0.15, 0.2) is 42.5 Å². The van der Waals surface area contributed by atoms with Gasteiger partial charge in [0.2, 0.25) is 5.91 Å². The fourth-order valence-corrected chi connectivity index (χ4v) is 3.15. The summed E-state index contributed by atoms with van der Waals surface area (Å²) in [4.78, 5) is 37.8. The zero-order valence-electron chi connectivity index (χ0n) is 14.1. The van der Waals surface area contributed by atoms with Crippen LogP contribution in [0.4, 0.5) is 19.3 Å². The van der Waals surface area contributed by atoms with Gasteiger partial charge >= 0.3 is 6.03 Å². The molecule has 1 aliphatic rings. The summed E-state index contributed by atoms with van der Waals surface area (Å²) in [6.07, 6.45) is 0. The number of carbonyl (C=O) groups is 3. The van der Waals surface area contributed by atoms with Gasteiger partial charge in [0.25, 0.3) is 5.91 Å². The lowest BCUT2D eigenvalue weighted by Gasteiger charge is -2.23. The second-order valence-corrected chi connectivity index (χ2v) is 6.48. The number of hydrogen-bond acceptors (Lipinski definition) is 3. The molecule has 0 bridgehead atoms. The van der Waals surface area contributed by atoms with E-state index in [-0.39, 0.29) is 5.02 Å². The highest BCUT2D eigenvalue weighted by atomic mass is 35.5. The van der Waals surface area contributed by atoms with Gasteiger partial charge in [0.05, 0.1) is 0 Å². The van der Waals surface area contributed by atoms with Gasteiger partial charge in [-0.2, -0.15) is 0 Å². The summed E-state index contributed by atoms with van der Waals surface area (Å²) in [6.45, 7) is 0.751. The third-order valence-electron chi connectivity index (χ3n) is 4.22. The van der Waals surface area contributed by atoms with Crippen LogP contribution in [-0.2, 0) is 15.1 Å². The van der Waals surface area contributed by atoms with Crippen molar-refractivity contribution < 1.29 is 23.2 Å². The highest BCUT2D eigenvalue weighted by Crippen LogP contribution is 2.33. The average Bonchev–Trinajstić information content (AvgIpc) is 2.82. The van der Waals surface area contributed by atoms with Crippen LogP contribution in [0.2, 0.25) is 5.02 Å². The van der Waals surface area contributed by atoms with E-state index in [4.69, 9.17) is 11.6 Å². The van der Waals surface area contributed by atoms with E-state index in [1.807, 2.05) is 5.32 Å². The van der Waals surface area contributed by atoms with Gasteiger partial charge in [-0.1, -0.05) is 35.9 Å². The summed E-state index contributed by atoms with van der Waals surface area (Å²) >= 11 is 6.12. The molecular formula is C18H14ClF2N3O3. The monoisotopic (exact) mass is 393 g/mol. The molecule has 2 aromatic rings. The summed E-state index contributed by atoms with van der Waals surface area (Å²) in [5.74, 6) is -3.57. The van der Waals surface area contributed by atoms with E-state index in [0.717, 1.165) is 18.2 Å². The number of urea groups is 1. The van der Waals surface area contributed by atoms with Crippen molar-refractivity contribution in [3.8, 4) is 0 Å². The van der Waals surface area contributed by atoms with E-state index < -0.39 is 47.3 Å². The van der Waals surface area contributed by atoms with E-state index in [0.29, 0.717) is 10.5 Å². The van der Waals surface area contributed by atoms with Gasteiger partial charge in [-0.25, -0.2) is 13.6 Å². The molecule has 2 N–H and O–H groups in total. The Balaban J connectivity index is 1.80. The molecular weight excluding hydrogens is 380 g/mol. The summed E-state index contributed by atoms with van der Waals surface area (Å²) in [7, 11) is 0. The van der Waals surface area contributed by atoms with Gasteiger partial charge in [0, 0.05) is 10.6 Å². The molecule has 1 saturated heterocycles. The molecule has 0 aromatic heterocycles. The molecule has 140 valence electrons. The Morgan fingerprint density at radius 2 is 1.78 bits per heavy atom. The summed E-state index contributed by atoms with van der Waals surface area (Å²) in [5.41, 5.74) is -1.74. The van der Waals surface area contributed by atoms with Crippen LogP contribution in [0.25, 0.3) is 0 Å². The number of imide groups is 1. The summed E-state index contributed by atoms with van der Waals surface area (Å²) in [6, 6.07) is 8.75. The second-order valence-electron chi connectivity index (χ2n) is 6.07. The van der Waals surface area contributed by atoms with E-state index in [2.05, 4.69) is 5.32 Å². The molecule has 0 spiro atoms. The first-order valence-corrected chi connectivity index (χ1v) is 8.25. The third-order valence-corrected chi connectivity index (χ3v) is 4.55. The molecule has 2 aromatic carbocycles. The summed E-state index contributed by atoms with van der Waals surface area (Å²) in [5, 5.41) is 4.81. The van der Waals surface area contributed by atoms with Gasteiger partial charge in [-0.15, -0.1) is 0 Å². The van der Waals surface area contributed by atoms with Crippen LogP contribution in [-0.4, -0.2) is 29.3 Å². The number of hydrogen-bond donors (Lipinski definition) is 2. The molecule has 1 atom stereocenters. The molecule has 3 rings (SSSR count). The van der Waals surface area contributed by atoms with Crippen molar-refractivity contribution in [3.05, 3.63) is 64.7 Å². The van der Waals surface area contributed by atoms with Crippen molar-refractivity contribution >= 4 is 35.1 Å². The minimum Gasteiger partial charge on any atom is -0.320 e. The van der Waals surface area contributed by atoms with Crippen molar-refractivity contribution in [1.82, 2.24) is 10.2 Å². The maximum Gasteiger partial charge on any atom is 0.325 e. The number of benzene rings is 2. The quantitative estimate of drug-likeness (QED) is 0.784. The van der Waals surface area contributed by atoms with Gasteiger partial charge in [0.15, 0.2) is 0 Å². The molecule has 4 amide bonds. The first-order valence-electron chi connectivity index (χ1n) is 7.87. The van der Waals surface area contributed by atoms with Crippen LogP contribution >= 0.6 is 11.6 Å². The maximum atomic E-state index is 13.6. The van der Waals surface area contributed by atoms with E-state index in [1.54, 1.807) is 24.3 Å². The summed E-state index contributed by atoms with van der Waals surface area (Å²) < 4.78 is 27.3. The topological polar surface area (TPSA) is 78.5 Å². The van der Waals surface area contributed by atoms with Crippen molar-refractivity contribution in [3.63, 3.8) is 0 Å². The van der Waals surface area contributed by atoms with Crippen molar-refractivity contribution in [2.75, 3.05) is 11.9 Å². The fourth-order valence-electron chi connectivity index (χ4n) is 2.83. The third kappa shape index (κ3) is 3.35. The number of rotatable bonds is 4. The Kier molecular flexibility index (Phi) is 4.84. The first kappa shape index (κ1) is 18.8. The standard InChI is InChI=1S/C18H14ClF2N3O3/c1-18(10-5-2-3-6-11(10)19)16(26)24(17(27)23-18)9-14(25)22-15-12(20)7-4-8-13(15)21/h2-8H,9H2,1H3,(H,22,25)(H,23,27). The Morgan fingerprint density at radius 1 is 1.15 bits per heavy atom. The Hall–Kier alpha value is -3.00. The van der Waals surface area contributed by atoms with Crippen LogP contribution in [0, 0.1) is 11.6 Å². The fraction of sp³-hybridized carbons (Fsp3) is 0.167. The number of nitrogens with zero attached hydrogens (tertiary/aromatic N) is 1. The van der Waals surface area contributed by atoms with Crippen LogP contribution in [0.5, 0.6) is 0 Å². The molecule has 9 heteroatoms. The molecule has 0 saturated carbocycles. The smallest absolute Gasteiger partial charge is 0.320 e. The highest BCUT2D eigenvalue weighted by molar-refractivity contribution is 6.32. The number of amides is 4. The maximum absolute atomic E-state index is 13.6. The average molecular weight is 394 g/mol. The van der Waals surface area contributed by atoms with E-state index >= 15 is 0 Å². The van der Waals surface area contributed by atoms with Gasteiger partial charge in [-0.05, 0) is 25.1 Å². The lowest BCUT2D eigenvalue weighted by molar-refractivity contribution is -0.133. The van der Waals surface area contributed by atoms with Gasteiger partial charge in [-0.3, -0.25) is 14.5 Å². The predicted octanol–water partition coefficient (Wildman–Crippen LogP) is 3.02. The molecule has 0 radical (unpaired) electrons. The Bertz CT molecular complexity index is 933. The second kappa shape index (κ2) is 6.96. The zero-order chi connectivity index (χ0) is 19.8. The van der Waals surface area contributed by atoms with Crippen LogP contribution in [0.1, 0.15) is 12.5 Å². The highest BCUT2D eigenvalue weighted by Gasteiger charge is 2.50. The largest absolute Gasteiger partial charge is 0.325 e. The zero-order valence-corrected chi connectivity index (χ0v) is 14.8. The van der Waals surface area contributed by atoms with Gasteiger partial charge in [0.1, 0.15) is 29.4 Å². The Labute approximate surface area is 158 Å². The lowest BCUT2D eigenvalue weighted by Crippen LogP contribution is -2.42. The molecule has 1 fully saturated rings. The minimum atomic E-state index is -1.46. The molecule has 1 heterocycles. The lowest BCUT2D eigenvalue weighted by atomic mass is 9.92. The molecule has 6 nitrogen and oxygen atoms in total. The van der Waals surface area contributed by atoms with E-state index in [1.165, 1.54) is 6.92 Å². The van der Waals surface area contributed by atoms with E-state index in [9.17, 15) is 23.2 Å². The van der Waals surface area contributed by atoms with Crippen LogP contribution < -0.4 is 10.6 Å². The number of anilines is 1. The first-order chi connectivity index (χ1) is 12.7. The van der Waals surface area contributed by atoms with Crippen molar-refractivity contribution in [2.45, 2.75) is 12.5 Å². The number of halogens is 3. The van der Waals surface area contributed by atoms with Crippen LogP contribution in [0.3, 0.4) is 0 Å². The molecule has 1 aliphatic heterocycles. The number of carbonyl (C=O) groups excluding carboxylic acids is 3. The number of nitrogens with one attached hydrogen (secondary N) is 2.